The first-order valence-electron chi connectivity index (χ1n) is 5.64. The van der Waals surface area contributed by atoms with Gasteiger partial charge >= 0.3 is 0 Å². The minimum atomic E-state index is 0.283. The van der Waals surface area contributed by atoms with Crippen LogP contribution in [0.4, 0.5) is 11.4 Å². The van der Waals surface area contributed by atoms with Crippen molar-refractivity contribution in [2.24, 2.45) is 0 Å². The lowest BCUT2D eigenvalue weighted by atomic mass is 10.2. The molecule has 16 heavy (non-hydrogen) atoms. The summed E-state index contributed by atoms with van der Waals surface area (Å²) in [5, 5.41) is 12.5. The third-order valence-corrected chi connectivity index (χ3v) is 2.75. The van der Waals surface area contributed by atoms with E-state index in [-0.39, 0.29) is 6.61 Å². The predicted octanol–water partition coefficient (Wildman–Crippen LogP) is 2.89. The van der Waals surface area contributed by atoms with Gasteiger partial charge in [-0.15, -0.1) is 0 Å². The van der Waals surface area contributed by atoms with Gasteiger partial charge in [-0.05, 0) is 25.0 Å². The van der Waals surface area contributed by atoms with Crippen LogP contribution in [-0.2, 0) is 0 Å². The molecule has 3 nitrogen and oxygen atoms in total. The molecule has 1 rings (SSSR count). The molecule has 0 saturated heterocycles. The van der Waals surface area contributed by atoms with Crippen molar-refractivity contribution in [3.8, 4) is 0 Å². The standard InChI is InChI=1S/C12H19ClN2O/c13-10-6-5-7-11(14)12(10)15-8-3-1-2-4-9-16/h5-7,15-16H,1-4,8-9,14H2. The number of nitrogens with two attached hydrogens (primary N) is 1. The lowest BCUT2D eigenvalue weighted by molar-refractivity contribution is 0.283. The van der Waals surface area contributed by atoms with Gasteiger partial charge in [0.25, 0.3) is 0 Å². The first-order valence-corrected chi connectivity index (χ1v) is 6.02. The van der Waals surface area contributed by atoms with E-state index in [9.17, 15) is 0 Å². The first-order chi connectivity index (χ1) is 7.75. The second-order valence-electron chi connectivity index (χ2n) is 3.77. The summed E-state index contributed by atoms with van der Waals surface area (Å²) in [5.74, 6) is 0. The molecular weight excluding hydrogens is 224 g/mol. The normalized spacial score (nSPS) is 10.4. The van der Waals surface area contributed by atoms with Crippen LogP contribution in [-0.4, -0.2) is 18.3 Å². The number of halogens is 1. The van der Waals surface area contributed by atoms with Crippen molar-refractivity contribution >= 4 is 23.0 Å². The number of hydrogen-bond acceptors (Lipinski definition) is 3. The third-order valence-electron chi connectivity index (χ3n) is 2.43. The molecule has 4 heteroatoms. The highest BCUT2D eigenvalue weighted by atomic mass is 35.5. The lowest BCUT2D eigenvalue weighted by Crippen LogP contribution is -2.04. The molecule has 0 aliphatic heterocycles. The van der Waals surface area contributed by atoms with Crippen molar-refractivity contribution in [1.29, 1.82) is 0 Å². The molecule has 4 N–H and O–H groups in total. The molecule has 0 fully saturated rings. The Hall–Kier alpha value is -0.930. The highest BCUT2D eigenvalue weighted by molar-refractivity contribution is 6.33. The summed E-state index contributed by atoms with van der Waals surface area (Å²) in [5.41, 5.74) is 7.31. The number of hydrogen-bond donors (Lipinski definition) is 3. The molecule has 0 bridgehead atoms. The van der Waals surface area contributed by atoms with Gasteiger partial charge in [0.2, 0.25) is 0 Å². The lowest BCUT2D eigenvalue weighted by Gasteiger charge is -2.10. The molecule has 0 unspecified atom stereocenters. The largest absolute Gasteiger partial charge is 0.397 e. The minimum absolute atomic E-state index is 0.283. The molecule has 1 aromatic rings. The van der Waals surface area contributed by atoms with E-state index in [2.05, 4.69) is 5.32 Å². The van der Waals surface area contributed by atoms with E-state index in [1.807, 2.05) is 18.2 Å². The van der Waals surface area contributed by atoms with Gasteiger partial charge in [0.15, 0.2) is 0 Å². The molecule has 90 valence electrons. The Morgan fingerprint density at radius 1 is 1.19 bits per heavy atom. The topological polar surface area (TPSA) is 58.3 Å². The van der Waals surface area contributed by atoms with Gasteiger partial charge in [-0.1, -0.05) is 30.5 Å². The van der Waals surface area contributed by atoms with Crippen molar-refractivity contribution in [2.75, 3.05) is 24.2 Å². The Morgan fingerprint density at radius 2 is 1.94 bits per heavy atom. The van der Waals surface area contributed by atoms with E-state index < -0.39 is 0 Å². The maximum absolute atomic E-state index is 8.62. The fraction of sp³-hybridized carbons (Fsp3) is 0.500. The molecule has 0 radical (unpaired) electrons. The zero-order valence-corrected chi connectivity index (χ0v) is 10.1. The minimum Gasteiger partial charge on any atom is -0.397 e. The van der Waals surface area contributed by atoms with Gasteiger partial charge < -0.3 is 16.2 Å². The summed E-state index contributed by atoms with van der Waals surface area (Å²) in [6.07, 6.45) is 4.12. The van der Waals surface area contributed by atoms with Crippen LogP contribution < -0.4 is 11.1 Å². The maximum atomic E-state index is 8.62. The Balaban J connectivity index is 2.26. The quantitative estimate of drug-likeness (QED) is 0.509. The number of para-hydroxylation sites is 1. The first kappa shape index (κ1) is 13.1. The van der Waals surface area contributed by atoms with Crippen LogP contribution in [0.2, 0.25) is 5.02 Å². The number of benzene rings is 1. The Bertz CT molecular complexity index is 298. The van der Waals surface area contributed by atoms with E-state index >= 15 is 0 Å². The molecule has 0 heterocycles. The van der Waals surface area contributed by atoms with Crippen LogP contribution >= 0.6 is 11.6 Å². The zero-order valence-electron chi connectivity index (χ0n) is 9.38. The molecule has 0 aliphatic rings. The van der Waals surface area contributed by atoms with Crippen LogP contribution in [0.1, 0.15) is 25.7 Å². The summed E-state index contributed by atoms with van der Waals surface area (Å²) in [4.78, 5) is 0. The van der Waals surface area contributed by atoms with E-state index in [1.54, 1.807) is 0 Å². The summed E-state index contributed by atoms with van der Waals surface area (Å²) < 4.78 is 0. The van der Waals surface area contributed by atoms with Gasteiger partial charge in [-0.3, -0.25) is 0 Å². The maximum Gasteiger partial charge on any atom is 0.0763 e. The second-order valence-corrected chi connectivity index (χ2v) is 4.18. The Kier molecular flexibility index (Phi) is 6.04. The SMILES string of the molecule is Nc1cccc(Cl)c1NCCCCCCO. The average Bonchev–Trinajstić information content (AvgIpc) is 2.26. The molecule has 0 aromatic heterocycles. The number of nitrogen functional groups attached to an aromatic ring is 1. The molecule has 0 aliphatic carbocycles. The van der Waals surface area contributed by atoms with Gasteiger partial charge in [0.05, 0.1) is 16.4 Å². The van der Waals surface area contributed by atoms with Gasteiger partial charge in [-0.2, -0.15) is 0 Å². The third kappa shape index (κ3) is 4.29. The predicted molar refractivity (Wildman–Crippen MR) is 69.9 cm³/mol. The molecular formula is C12H19ClN2O. The highest BCUT2D eigenvalue weighted by Crippen LogP contribution is 2.27. The fourth-order valence-corrected chi connectivity index (χ4v) is 1.78. The second kappa shape index (κ2) is 7.36. The number of rotatable bonds is 7. The van der Waals surface area contributed by atoms with Crippen molar-refractivity contribution in [3.05, 3.63) is 23.2 Å². The fourth-order valence-electron chi connectivity index (χ4n) is 1.53. The number of aliphatic hydroxyl groups excluding tert-OH is 1. The van der Waals surface area contributed by atoms with E-state index in [1.165, 1.54) is 0 Å². The average molecular weight is 243 g/mol. The Labute approximate surface area is 102 Å². The Morgan fingerprint density at radius 3 is 2.62 bits per heavy atom. The summed E-state index contributed by atoms with van der Waals surface area (Å²) >= 11 is 6.02. The van der Waals surface area contributed by atoms with Crippen LogP contribution in [0.3, 0.4) is 0 Å². The van der Waals surface area contributed by atoms with Gasteiger partial charge in [0, 0.05) is 13.2 Å². The van der Waals surface area contributed by atoms with Crippen molar-refractivity contribution in [1.82, 2.24) is 0 Å². The molecule has 0 amide bonds. The highest BCUT2D eigenvalue weighted by Gasteiger charge is 2.02. The van der Waals surface area contributed by atoms with E-state index in [0.717, 1.165) is 37.9 Å². The zero-order chi connectivity index (χ0) is 11.8. The number of nitrogens with one attached hydrogen (secondary N) is 1. The number of aliphatic hydroxyl groups is 1. The van der Waals surface area contributed by atoms with Crippen LogP contribution in [0, 0.1) is 0 Å². The smallest absolute Gasteiger partial charge is 0.0763 e. The monoisotopic (exact) mass is 242 g/mol. The summed E-state index contributed by atoms with van der Waals surface area (Å²) in [6.45, 7) is 1.14. The van der Waals surface area contributed by atoms with Crippen molar-refractivity contribution in [3.63, 3.8) is 0 Å². The molecule has 0 atom stereocenters. The summed E-state index contributed by atoms with van der Waals surface area (Å²) in [6, 6.07) is 5.50. The van der Waals surface area contributed by atoms with Crippen LogP contribution in [0.25, 0.3) is 0 Å². The van der Waals surface area contributed by atoms with E-state index in [0.29, 0.717) is 10.7 Å². The van der Waals surface area contributed by atoms with Gasteiger partial charge in [-0.25, -0.2) is 0 Å². The number of anilines is 2. The van der Waals surface area contributed by atoms with E-state index in [4.69, 9.17) is 22.4 Å². The van der Waals surface area contributed by atoms with Crippen molar-refractivity contribution in [2.45, 2.75) is 25.7 Å². The molecule has 1 aromatic carbocycles. The van der Waals surface area contributed by atoms with Crippen molar-refractivity contribution < 1.29 is 5.11 Å². The van der Waals surface area contributed by atoms with Crippen LogP contribution in [0.5, 0.6) is 0 Å². The number of unbranched alkanes of at least 4 members (excludes halogenated alkanes) is 3. The van der Waals surface area contributed by atoms with Gasteiger partial charge in [0.1, 0.15) is 0 Å². The van der Waals surface area contributed by atoms with Crippen LogP contribution in [0.15, 0.2) is 18.2 Å². The molecule has 0 saturated carbocycles. The summed E-state index contributed by atoms with van der Waals surface area (Å²) in [7, 11) is 0. The molecule has 0 spiro atoms.